The zero-order valence-electron chi connectivity index (χ0n) is 17.4. The lowest BCUT2D eigenvalue weighted by Crippen LogP contribution is -2.33. The van der Waals surface area contributed by atoms with Crippen molar-refractivity contribution >= 4 is 17.5 Å². The van der Waals surface area contributed by atoms with Crippen LogP contribution in [-0.4, -0.2) is 66.0 Å². The molecule has 2 heterocycles. The monoisotopic (exact) mass is 401 g/mol. The van der Waals surface area contributed by atoms with Gasteiger partial charge in [0.15, 0.2) is 11.5 Å². The van der Waals surface area contributed by atoms with E-state index in [4.69, 9.17) is 9.47 Å². The van der Waals surface area contributed by atoms with Crippen LogP contribution in [0.5, 0.6) is 11.5 Å². The molecule has 0 spiro atoms. The Morgan fingerprint density at radius 1 is 1.17 bits per heavy atom. The predicted molar refractivity (Wildman–Crippen MR) is 114 cm³/mol. The summed E-state index contributed by atoms with van der Waals surface area (Å²) in [5, 5.41) is 16.7. The molecule has 1 aromatic carbocycles. The Morgan fingerprint density at radius 3 is 2.69 bits per heavy atom. The van der Waals surface area contributed by atoms with Crippen LogP contribution in [0.1, 0.15) is 25.5 Å². The number of benzene rings is 1. The fraction of sp³-hybridized carbons (Fsp3) is 0.524. The van der Waals surface area contributed by atoms with E-state index in [2.05, 4.69) is 25.5 Å². The van der Waals surface area contributed by atoms with E-state index in [0.717, 1.165) is 36.8 Å². The summed E-state index contributed by atoms with van der Waals surface area (Å²) in [7, 11) is 1.60. The number of aliphatic hydroxyl groups excluding tert-OH is 1. The molecule has 3 rings (SSSR count). The van der Waals surface area contributed by atoms with Crippen molar-refractivity contribution in [3.63, 3.8) is 0 Å². The third-order valence-corrected chi connectivity index (χ3v) is 4.73. The summed E-state index contributed by atoms with van der Waals surface area (Å²) in [4.78, 5) is 11.2. The van der Waals surface area contributed by atoms with Crippen LogP contribution in [0.15, 0.2) is 24.3 Å². The Hall–Kier alpha value is -2.58. The first kappa shape index (κ1) is 21.1. The van der Waals surface area contributed by atoms with Crippen molar-refractivity contribution in [2.24, 2.45) is 0 Å². The molecule has 0 radical (unpaired) electrons. The van der Waals surface area contributed by atoms with Crippen molar-refractivity contribution in [1.29, 1.82) is 0 Å². The second kappa shape index (κ2) is 10.3. The second-order valence-corrected chi connectivity index (χ2v) is 7.21. The number of rotatable bonds is 10. The zero-order valence-corrected chi connectivity index (χ0v) is 17.4. The van der Waals surface area contributed by atoms with Crippen molar-refractivity contribution in [2.45, 2.75) is 32.8 Å². The van der Waals surface area contributed by atoms with Gasteiger partial charge in [-0.25, -0.2) is 4.98 Å². The minimum Gasteiger partial charge on any atom is -0.493 e. The summed E-state index contributed by atoms with van der Waals surface area (Å²) in [6.07, 6.45) is 1.86. The minimum absolute atomic E-state index is 0.210. The number of hydrogen-bond acceptors (Lipinski definition) is 8. The quantitative estimate of drug-likeness (QED) is 0.560. The van der Waals surface area contributed by atoms with E-state index in [0.29, 0.717) is 24.0 Å². The summed E-state index contributed by atoms with van der Waals surface area (Å²) < 4.78 is 11.3. The molecule has 0 aliphatic carbocycles. The molecule has 0 saturated carbocycles. The van der Waals surface area contributed by atoms with Crippen molar-refractivity contribution in [2.75, 3.05) is 50.5 Å². The van der Waals surface area contributed by atoms with Crippen LogP contribution >= 0.6 is 0 Å². The molecule has 3 N–H and O–H groups in total. The number of aliphatic hydroxyl groups is 1. The maximum Gasteiger partial charge on any atom is 0.229 e. The van der Waals surface area contributed by atoms with Crippen LogP contribution in [0.4, 0.5) is 17.5 Å². The number of likely N-dealkylation sites (tertiary alicyclic amines) is 1. The standard InChI is InChI=1S/C21H31N5O3/c1-4-22-20-11-15(2)23-21(25-20)24-16-7-8-18(28-3)19(12-16)29-14-17(27)13-26-9-5-6-10-26/h7-8,11-12,17,27H,4-6,9-10,13-14H2,1-3H3,(H2,22,23,24,25). The Kier molecular flexibility index (Phi) is 7.48. The predicted octanol–water partition coefficient (Wildman–Crippen LogP) is 2.80. The van der Waals surface area contributed by atoms with E-state index < -0.39 is 6.10 Å². The summed E-state index contributed by atoms with van der Waals surface area (Å²) in [5.74, 6) is 2.46. The number of ether oxygens (including phenoxy) is 2. The third kappa shape index (κ3) is 6.20. The number of aromatic nitrogens is 2. The van der Waals surface area contributed by atoms with Crippen molar-refractivity contribution < 1.29 is 14.6 Å². The molecular formula is C21H31N5O3. The molecule has 0 amide bonds. The van der Waals surface area contributed by atoms with Crippen LogP contribution in [0, 0.1) is 6.92 Å². The molecule has 2 aromatic rings. The molecule has 1 saturated heterocycles. The van der Waals surface area contributed by atoms with Crippen molar-refractivity contribution in [1.82, 2.24) is 14.9 Å². The first-order valence-electron chi connectivity index (χ1n) is 10.1. The van der Waals surface area contributed by atoms with Gasteiger partial charge in [-0.05, 0) is 51.9 Å². The largest absolute Gasteiger partial charge is 0.493 e. The van der Waals surface area contributed by atoms with E-state index in [1.807, 2.05) is 38.1 Å². The van der Waals surface area contributed by atoms with Crippen LogP contribution in [0.3, 0.4) is 0 Å². The van der Waals surface area contributed by atoms with Crippen LogP contribution in [0.2, 0.25) is 0 Å². The average Bonchev–Trinajstić information content (AvgIpc) is 3.19. The molecule has 8 nitrogen and oxygen atoms in total. The highest BCUT2D eigenvalue weighted by Gasteiger charge is 2.17. The number of aryl methyl sites for hydroxylation is 1. The molecule has 1 aliphatic heterocycles. The Bertz CT molecular complexity index is 796. The van der Waals surface area contributed by atoms with Gasteiger partial charge in [0.2, 0.25) is 5.95 Å². The van der Waals surface area contributed by atoms with Crippen LogP contribution in [-0.2, 0) is 0 Å². The first-order chi connectivity index (χ1) is 14.1. The lowest BCUT2D eigenvalue weighted by Gasteiger charge is -2.20. The summed E-state index contributed by atoms with van der Waals surface area (Å²) >= 11 is 0. The SMILES string of the molecule is CCNc1cc(C)nc(Nc2ccc(OC)c(OCC(O)CN3CCCC3)c2)n1. The van der Waals surface area contributed by atoms with E-state index >= 15 is 0 Å². The number of hydrogen-bond donors (Lipinski definition) is 3. The molecule has 158 valence electrons. The maximum atomic E-state index is 10.3. The maximum absolute atomic E-state index is 10.3. The third-order valence-electron chi connectivity index (χ3n) is 4.73. The molecule has 8 heteroatoms. The summed E-state index contributed by atoms with van der Waals surface area (Å²) in [6.45, 7) is 7.67. The topological polar surface area (TPSA) is 91.8 Å². The van der Waals surface area contributed by atoms with Gasteiger partial charge < -0.3 is 30.1 Å². The smallest absolute Gasteiger partial charge is 0.229 e. The highest BCUT2D eigenvalue weighted by molar-refractivity contribution is 5.60. The normalized spacial score (nSPS) is 15.2. The fourth-order valence-corrected chi connectivity index (χ4v) is 3.39. The number of β-amino-alcohol motifs (C(OH)–C–C–N with tert-alkyl or cyclic N) is 1. The molecule has 1 atom stereocenters. The minimum atomic E-state index is -0.544. The van der Waals surface area contributed by atoms with Gasteiger partial charge in [0.1, 0.15) is 18.5 Å². The highest BCUT2D eigenvalue weighted by Crippen LogP contribution is 2.31. The molecule has 1 unspecified atom stereocenters. The van der Waals surface area contributed by atoms with E-state index in [1.165, 1.54) is 12.8 Å². The highest BCUT2D eigenvalue weighted by atomic mass is 16.5. The fourth-order valence-electron chi connectivity index (χ4n) is 3.39. The van der Waals surface area contributed by atoms with Crippen molar-refractivity contribution in [3.8, 4) is 11.5 Å². The average molecular weight is 402 g/mol. The van der Waals surface area contributed by atoms with Gasteiger partial charge in [-0.3, -0.25) is 0 Å². The zero-order chi connectivity index (χ0) is 20.6. The van der Waals surface area contributed by atoms with Gasteiger partial charge in [0.05, 0.1) is 7.11 Å². The molecule has 1 aliphatic rings. The molecule has 0 bridgehead atoms. The van der Waals surface area contributed by atoms with E-state index in [9.17, 15) is 5.11 Å². The lowest BCUT2D eigenvalue weighted by molar-refractivity contribution is 0.0747. The lowest BCUT2D eigenvalue weighted by atomic mass is 10.2. The first-order valence-corrected chi connectivity index (χ1v) is 10.1. The van der Waals surface area contributed by atoms with Gasteiger partial charge >= 0.3 is 0 Å². The summed E-state index contributed by atoms with van der Waals surface area (Å²) in [6, 6.07) is 7.44. The van der Waals surface area contributed by atoms with E-state index in [-0.39, 0.29) is 6.61 Å². The van der Waals surface area contributed by atoms with Crippen LogP contribution in [0.25, 0.3) is 0 Å². The van der Waals surface area contributed by atoms with Gasteiger partial charge in [0, 0.05) is 36.6 Å². The Labute approximate surface area is 172 Å². The van der Waals surface area contributed by atoms with E-state index in [1.54, 1.807) is 7.11 Å². The second-order valence-electron chi connectivity index (χ2n) is 7.21. The molecular weight excluding hydrogens is 370 g/mol. The Morgan fingerprint density at radius 2 is 1.97 bits per heavy atom. The summed E-state index contributed by atoms with van der Waals surface area (Å²) in [5.41, 5.74) is 1.65. The molecule has 1 aromatic heterocycles. The van der Waals surface area contributed by atoms with Gasteiger partial charge in [-0.1, -0.05) is 0 Å². The van der Waals surface area contributed by atoms with Gasteiger partial charge in [-0.15, -0.1) is 0 Å². The molecule has 29 heavy (non-hydrogen) atoms. The number of anilines is 3. The van der Waals surface area contributed by atoms with Crippen molar-refractivity contribution in [3.05, 3.63) is 30.0 Å². The van der Waals surface area contributed by atoms with Gasteiger partial charge in [-0.2, -0.15) is 4.98 Å². The number of nitrogens with zero attached hydrogens (tertiary/aromatic N) is 3. The van der Waals surface area contributed by atoms with Crippen LogP contribution < -0.4 is 20.1 Å². The number of nitrogens with one attached hydrogen (secondary N) is 2. The van der Waals surface area contributed by atoms with Gasteiger partial charge in [0.25, 0.3) is 0 Å². The Balaban J connectivity index is 1.66. The molecule has 1 fully saturated rings. The number of methoxy groups -OCH3 is 1.